The van der Waals surface area contributed by atoms with Gasteiger partial charge in [0, 0.05) is 0 Å². The molecule has 56 valence electrons. The summed E-state index contributed by atoms with van der Waals surface area (Å²) >= 11 is 3.11. The molecule has 0 aliphatic rings. The Balaban J connectivity index is 2.91. The van der Waals surface area contributed by atoms with E-state index in [-0.39, 0.29) is 0 Å². The van der Waals surface area contributed by atoms with E-state index in [1.807, 2.05) is 0 Å². The number of halogens is 1. The van der Waals surface area contributed by atoms with Crippen LogP contribution in [-0.2, 0) is 0 Å². The van der Waals surface area contributed by atoms with E-state index in [0.29, 0.717) is 21.7 Å². The van der Waals surface area contributed by atoms with Gasteiger partial charge >= 0.3 is 0 Å². The van der Waals surface area contributed by atoms with Crippen molar-refractivity contribution < 1.29 is 0 Å². The highest BCUT2D eigenvalue weighted by Gasteiger charge is 2.03. The van der Waals surface area contributed by atoms with Gasteiger partial charge in [0.05, 0.1) is 6.33 Å². The molecule has 0 saturated heterocycles. The van der Waals surface area contributed by atoms with Crippen molar-refractivity contribution in [3.05, 3.63) is 11.1 Å². The van der Waals surface area contributed by atoms with Gasteiger partial charge < -0.3 is 10.7 Å². The smallest absolute Gasteiger partial charge is 0.200 e. The number of nitrogens with zero attached hydrogens (tertiary/aromatic N) is 3. The minimum absolute atomic E-state index is 0.402. The molecule has 5 nitrogen and oxygen atoms in total. The van der Waals surface area contributed by atoms with Crippen LogP contribution in [0.15, 0.2) is 11.1 Å². The molecule has 2 aromatic heterocycles. The molecule has 11 heavy (non-hydrogen) atoms. The van der Waals surface area contributed by atoms with Crippen LogP contribution in [0, 0.1) is 0 Å². The summed E-state index contributed by atoms with van der Waals surface area (Å²) < 4.78 is 0.453. The van der Waals surface area contributed by atoms with Gasteiger partial charge in [-0.3, -0.25) is 0 Å². The van der Waals surface area contributed by atoms with E-state index in [9.17, 15) is 0 Å². The predicted octanol–water partition coefficient (Wildman–Crippen LogP) is 0.698. The molecule has 6 heteroatoms. The number of nitrogens with one attached hydrogen (secondary N) is 1. The van der Waals surface area contributed by atoms with Crippen molar-refractivity contribution >= 4 is 32.9 Å². The first-order valence-electron chi connectivity index (χ1n) is 2.89. The molecule has 0 atom stereocenters. The maximum atomic E-state index is 5.55. The van der Waals surface area contributed by atoms with Crippen LogP contribution >= 0.6 is 15.9 Å². The topological polar surface area (TPSA) is 80.5 Å². The highest BCUT2D eigenvalue weighted by Crippen LogP contribution is 2.14. The van der Waals surface area contributed by atoms with Gasteiger partial charge in [0.25, 0.3) is 0 Å². The Morgan fingerprint density at radius 1 is 1.45 bits per heavy atom. The lowest BCUT2D eigenvalue weighted by Gasteiger charge is -1.93. The van der Waals surface area contributed by atoms with Crippen LogP contribution in [0.2, 0.25) is 0 Å². The number of nitrogen functional groups attached to an aromatic ring is 1. The second-order valence-electron chi connectivity index (χ2n) is 1.98. The molecule has 2 rings (SSSR count). The van der Waals surface area contributed by atoms with Crippen LogP contribution in [-0.4, -0.2) is 19.9 Å². The number of hydrogen-bond acceptors (Lipinski definition) is 4. The summed E-state index contributed by atoms with van der Waals surface area (Å²) in [5, 5.41) is 0. The second kappa shape index (κ2) is 2.16. The standard InChI is InChI=1S/C5H4BrN5/c6-5-10-3(7)2-4(11-5)9-1-8-2/h1H,(H3,7,8,9,10,11). The van der Waals surface area contributed by atoms with Crippen molar-refractivity contribution in [2.75, 3.05) is 5.73 Å². The lowest BCUT2D eigenvalue weighted by Crippen LogP contribution is -1.94. The summed E-state index contributed by atoms with van der Waals surface area (Å²) in [5.41, 5.74) is 6.80. The molecule has 0 fully saturated rings. The Morgan fingerprint density at radius 2 is 2.27 bits per heavy atom. The molecule has 0 amide bonds. The van der Waals surface area contributed by atoms with Gasteiger partial charge in [-0.15, -0.1) is 0 Å². The van der Waals surface area contributed by atoms with Gasteiger partial charge in [0.15, 0.2) is 11.5 Å². The summed E-state index contributed by atoms with van der Waals surface area (Å²) in [4.78, 5) is 14.6. The van der Waals surface area contributed by atoms with Crippen molar-refractivity contribution in [3.63, 3.8) is 0 Å². The number of aromatic amines is 1. The van der Waals surface area contributed by atoms with E-state index in [2.05, 4.69) is 35.9 Å². The van der Waals surface area contributed by atoms with Crippen molar-refractivity contribution in [1.29, 1.82) is 0 Å². The summed E-state index contributed by atoms with van der Waals surface area (Å²) in [7, 11) is 0. The molecular weight excluding hydrogens is 210 g/mol. The Morgan fingerprint density at radius 3 is 3.09 bits per heavy atom. The molecule has 3 N–H and O–H groups in total. The first kappa shape index (κ1) is 6.53. The first-order valence-corrected chi connectivity index (χ1v) is 3.69. The SMILES string of the molecule is Nc1nc(Br)nc2nc[nH]c12. The number of H-pyrrole nitrogens is 1. The van der Waals surface area contributed by atoms with Crippen molar-refractivity contribution in [3.8, 4) is 0 Å². The number of nitrogens with two attached hydrogens (primary N) is 1. The van der Waals surface area contributed by atoms with Crippen molar-refractivity contribution in [2.24, 2.45) is 0 Å². The van der Waals surface area contributed by atoms with E-state index in [4.69, 9.17) is 5.73 Å². The average Bonchev–Trinajstić information content (AvgIpc) is 2.34. The first-order chi connectivity index (χ1) is 5.27. The fourth-order valence-corrected chi connectivity index (χ4v) is 1.19. The minimum atomic E-state index is 0.402. The maximum absolute atomic E-state index is 5.55. The van der Waals surface area contributed by atoms with Gasteiger partial charge in [-0.1, -0.05) is 0 Å². The van der Waals surface area contributed by atoms with Crippen molar-refractivity contribution in [2.45, 2.75) is 0 Å². The largest absolute Gasteiger partial charge is 0.382 e. The van der Waals surface area contributed by atoms with E-state index in [1.165, 1.54) is 6.33 Å². The molecule has 0 aliphatic carbocycles. The summed E-state index contributed by atoms with van der Waals surface area (Å²) in [6.07, 6.45) is 1.53. The highest BCUT2D eigenvalue weighted by atomic mass is 79.9. The van der Waals surface area contributed by atoms with Gasteiger partial charge in [-0.2, -0.15) is 0 Å². The minimum Gasteiger partial charge on any atom is -0.382 e. The zero-order valence-corrected chi connectivity index (χ0v) is 6.96. The lowest BCUT2D eigenvalue weighted by molar-refractivity contribution is 1.15. The Hall–Kier alpha value is -1.17. The Kier molecular flexibility index (Phi) is 1.28. The Labute approximate surface area is 70.2 Å². The van der Waals surface area contributed by atoms with Crippen LogP contribution in [0.4, 0.5) is 5.82 Å². The number of rotatable bonds is 0. The number of anilines is 1. The van der Waals surface area contributed by atoms with Gasteiger partial charge in [0.1, 0.15) is 5.52 Å². The molecule has 0 aromatic carbocycles. The molecule has 2 heterocycles. The van der Waals surface area contributed by atoms with Crippen LogP contribution in [0.5, 0.6) is 0 Å². The summed E-state index contributed by atoms with van der Waals surface area (Å²) in [6.45, 7) is 0. The number of imidazole rings is 1. The molecule has 0 aliphatic heterocycles. The number of hydrogen-bond donors (Lipinski definition) is 2. The van der Waals surface area contributed by atoms with Gasteiger partial charge in [-0.25, -0.2) is 15.0 Å². The third-order valence-corrected chi connectivity index (χ3v) is 1.64. The average molecular weight is 214 g/mol. The predicted molar refractivity (Wildman–Crippen MR) is 43.8 cm³/mol. The van der Waals surface area contributed by atoms with Gasteiger partial charge in [-0.05, 0) is 15.9 Å². The Bertz CT molecular complexity index is 395. The number of fused-ring (bicyclic) bond motifs is 1. The lowest BCUT2D eigenvalue weighted by atomic mass is 10.5. The monoisotopic (exact) mass is 213 g/mol. The molecule has 0 bridgehead atoms. The molecule has 0 unspecified atom stereocenters. The molecule has 0 spiro atoms. The summed E-state index contributed by atoms with van der Waals surface area (Å²) in [5.74, 6) is 0.402. The van der Waals surface area contributed by atoms with E-state index >= 15 is 0 Å². The van der Waals surface area contributed by atoms with Crippen LogP contribution in [0.25, 0.3) is 11.2 Å². The highest BCUT2D eigenvalue weighted by molar-refractivity contribution is 9.10. The molecule has 0 radical (unpaired) electrons. The fraction of sp³-hybridized carbons (Fsp3) is 0. The van der Waals surface area contributed by atoms with Gasteiger partial charge in [0.2, 0.25) is 4.73 Å². The quantitative estimate of drug-likeness (QED) is 0.632. The second-order valence-corrected chi connectivity index (χ2v) is 2.69. The molecule has 0 saturated carbocycles. The van der Waals surface area contributed by atoms with Crippen LogP contribution in [0.1, 0.15) is 0 Å². The zero-order chi connectivity index (χ0) is 7.84. The van der Waals surface area contributed by atoms with Crippen LogP contribution in [0.3, 0.4) is 0 Å². The third-order valence-electron chi connectivity index (χ3n) is 1.29. The normalized spacial score (nSPS) is 10.6. The molecule has 2 aromatic rings. The van der Waals surface area contributed by atoms with E-state index in [0.717, 1.165) is 0 Å². The third kappa shape index (κ3) is 0.949. The zero-order valence-electron chi connectivity index (χ0n) is 5.37. The fourth-order valence-electron chi connectivity index (χ4n) is 0.828. The summed E-state index contributed by atoms with van der Waals surface area (Å²) in [6, 6.07) is 0. The number of aromatic nitrogens is 4. The van der Waals surface area contributed by atoms with E-state index < -0.39 is 0 Å². The van der Waals surface area contributed by atoms with E-state index in [1.54, 1.807) is 0 Å². The van der Waals surface area contributed by atoms with Crippen molar-refractivity contribution in [1.82, 2.24) is 19.9 Å². The van der Waals surface area contributed by atoms with Crippen LogP contribution < -0.4 is 5.73 Å². The molecular formula is C5H4BrN5. The maximum Gasteiger partial charge on any atom is 0.200 e.